The van der Waals surface area contributed by atoms with Gasteiger partial charge in [-0.15, -0.1) is 11.3 Å². The quantitative estimate of drug-likeness (QED) is 0.774. The topological polar surface area (TPSA) is 74.7 Å². The van der Waals surface area contributed by atoms with Crippen LogP contribution in [0.5, 0.6) is 0 Å². The summed E-state index contributed by atoms with van der Waals surface area (Å²) in [7, 11) is 1.54. The van der Waals surface area contributed by atoms with Gasteiger partial charge in [-0.3, -0.25) is 14.4 Å². The highest BCUT2D eigenvalue weighted by Crippen LogP contribution is 2.50. The molecule has 1 aromatic carbocycles. The first-order chi connectivity index (χ1) is 12.8. The van der Waals surface area contributed by atoms with E-state index in [0.717, 1.165) is 22.2 Å². The van der Waals surface area contributed by atoms with E-state index in [1.165, 1.54) is 23.2 Å². The van der Waals surface area contributed by atoms with Gasteiger partial charge in [-0.1, -0.05) is 35.5 Å². The molecule has 2 unspecified atom stereocenters. The van der Waals surface area contributed by atoms with E-state index in [0.29, 0.717) is 10.5 Å². The summed E-state index contributed by atoms with van der Waals surface area (Å²) >= 11 is 2.48. The fourth-order valence-electron chi connectivity index (χ4n) is 3.09. The summed E-state index contributed by atoms with van der Waals surface area (Å²) in [5, 5.41) is 11.8. The first-order valence-electron chi connectivity index (χ1n) is 8.30. The lowest BCUT2D eigenvalue weighted by Crippen LogP contribution is -2.57. The molecule has 1 N–H and O–H groups in total. The molecule has 1 aromatic heterocycles. The van der Waals surface area contributed by atoms with Crippen LogP contribution in [0.25, 0.3) is 4.91 Å². The molecule has 0 saturated heterocycles. The maximum atomic E-state index is 13.0. The summed E-state index contributed by atoms with van der Waals surface area (Å²) in [6.07, 6.45) is 1.72. The van der Waals surface area contributed by atoms with Gasteiger partial charge in [-0.2, -0.15) is 0 Å². The Morgan fingerprint density at radius 1 is 1.15 bits per heavy atom. The molecule has 1 aliphatic rings. The van der Waals surface area contributed by atoms with Crippen LogP contribution in [0.4, 0.5) is 0 Å². The number of likely N-dealkylation sites (N-methyl/N-ethyl adjacent to an activating group) is 1. The van der Waals surface area contributed by atoms with Gasteiger partial charge in [0, 0.05) is 22.4 Å². The number of rotatable bonds is 5. The van der Waals surface area contributed by atoms with Gasteiger partial charge in [0.15, 0.2) is 10.5 Å². The lowest BCUT2D eigenvalue weighted by molar-refractivity contribution is -0.144. The maximum Gasteiger partial charge on any atom is 0.330 e. The minimum atomic E-state index is -1.76. The lowest BCUT2D eigenvalue weighted by Gasteiger charge is -2.34. The van der Waals surface area contributed by atoms with Crippen molar-refractivity contribution in [2.45, 2.75) is 24.6 Å². The smallest absolute Gasteiger partial charge is 0.330 e. The number of ketones is 1. The molecule has 0 aliphatic carbocycles. The molecule has 2 aromatic rings. The van der Waals surface area contributed by atoms with Crippen LogP contribution in [-0.2, 0) is 9.59 Å². The Labute approximate surface area is 165 Å². The molecular formula is C20H19NO4S2. The highest BCUT2D eigenvalue weighted by Gasteiger charge is 2.57. The molecule has 140 valence electrons. The number of amides is 1. The van der Waals surface area contributed by atoms with Crippen LogP contribution >= 0.6 is 23.1 Å². The van der Waals surface area contributed by atoms with Gasteiger partial charge in [0.1, 0.15) is 0 Å². The van der Waals surface area contributed by atoms with E-state index < -0.39 is 22.5 Å². The zero-order valence-corrected chi connectivity index (χ0v) is 16.8. The maximum absolute atomic E-state index is 13.0. The van der Waals surface area contributed by atoms with Gasteiger partial charge in [0.05, 0.1) is 6.04 Å². The number of carbonyl (C=O) groups excluding carboxylic acids is 2. The third-order valence-corrected chi connectivity index (χ3v) is 7.27. The number of thiophene rings is 1. The number of benzene rings is 1. The number of carbonyl (C=O) groups is 3. The SMILES string of the molecule is CC(=O)C1(C(=O)O)SC(c2cccs2)=CC1N(C)C(=O)c1ccc(C)cc1. The van der Waals surface area contributed by atoms with Crippen molar-refractivity contribution < 1.29 is 19.5 Å². The molecule has 0 saturated carbocycles. The van der Waals surface area contributed by atoms with Crippen molar-refractivity contribution in [2.75, 3.05) is 7.05 Å². The largest absolute Gasteiger partial charge is 0.480 e. The van der Waals surface area contributed by atoms with Gasteiger partial charge in [-0.25, -0.2) is 0 Å². The second-order valence-electron chi connectivity index (χ2n) is 6.43. The number of Topliss-reactive ketones (excluding diaryl/α,β-unsaturated/α-hetero) is 1. The number of hydrogen-bond donors (Lipinski definition) is 1. The molecule has 5 nitrogen and oxygen atoms in total. The minimum absolute atomic E-state index is 0.323. The number of thioether (sulfide) groups is 1. The summed E-state index contributed by atoms with van der Waals surface area (Å²) in [5.41, 5.74) is 1.48. The van der Waals surface area contributed by atoms with Crippen molar-refractivity contribution in [3.05, 3.63) is 63.9 Å². The molecule has 0 bridgehead atoms. The summed E-state index contributed by atoms with van der Waals surface area (Å²) in [5.74, 6) is -2.05. The molecule has 7 heteroatoms. The average molecular weight is 402 g/mol. The Hall–Kier alpha value is -2.38. The molecule has 0 fully saturated rings. The number of nitrogens with zero attached hydrogens (tertiary/aromatic N) is 1. The van der Waals surface area contributed by atoms with Crippen molar-refractivity contribution in [3.63, 3.8) is 0 Å². The van der Waals surface area contributed by atoms with Crippen LogP contribution in [-0.4, -0.2) is 45.5 Å². The minimum Gasteiger partial charge on any atom is -0.480 e. The van der Waals surface area contributed by atoms with Crippen LogP contribution in [0, 0.1) is 6.92 Å². The van der Waals surface area contributed by atoms with Crippen LogP contribution in [0.1, 0.15) is 27.7 Å². The second-order valence-corrected chi connectivity index (χ2v) is 8.67. The standard InChI is InChI=1S/C20H19NO4S2/c1-12-6-8-14(9-7-12)18(23)21(3)17-11-16(15-5-4-10-26-15)27-20(17,13(2)22)19(24)25/h4-11,17H,1-3H3,(H,24,25). The van der Waals surface area contributed by atoms with Crippen LogP contribution in [0.3, 0.4) is 0 Å². The van der Waals surface area contributed by atoms with Crippen molar-refractivity contribution >= 4 is 45.7 Å². The Morgan fingerprint density at radius 3 is 2.33 bits per heavy atom. The molecule has 27 heavy (non-hydrogen) atoms. The van der Waals surface area contributed by atoms with Gasteiger partial charge in [0.25, 0.3) is 5.91 Å². The fourth-order valence-corrected chi connectivity index (χ4v) is 5.30. The third kappa shape index (κ3) is 3.33. The third-order valence-electron chi connectivity index (χ3n) is 4.64. The van der Waals surface area contributed by atoms with Gasteiger partial charge in [-0.05, 0) is 43.5 Å². The summed E-state index contributed by atoms with van der Waals surface area (Å²) in [6.45, 7) is 3.19. The van der Waals surface area contributed by atoms with E-state index in [1.807, 2.05) is 36.6 Å². The molecule has 0 spiro atoms. The monoisotopic (exact) mass is 401 g/mol. The Balaban J connectivity index is 2.04. The number of carboxylic acid groups (broad SMARTS) is 1. The van der Waals surface area contributed by atoms with E-state index in [4.69, 9.17) is 0 Å². The molecular weight excluding hydrogens is 382 g/mol. The first kappa shape index (κ1) is 19.4. The van der Waals surface area contributed by atoms with Gasteiger partial charge < -0.3 is 10.0 Å². The highest BCUT2D eigenvalue weighted by molar-refractivity contribution is 8.11. The van der Waals surface area contributed by atoms with Crippen LogP contribution in [0.15, 0.2) is 47.9 Å². The van der Waals surface area contributed by atoms with E-state index in [1.54, 1.807) is 25.3 Å². The number of hydrogen-bond acceptors (Lipinski definition) is 5. The molecule has 1 amide bonds. The summed E-state index contributed by atoms with van der Waals surface area (Å²) < 4.78 is -1.76. The van der Waals surface area contributed by atoms with Crippen molar-refractivity contribution in [1.82, 2.24) is 4.90 Å². The van der Waals surface area contributed by atoms with E-state index in [9.17, 15) is 19.5 Å². The predicted molar refractivity (Wildman–Crippen MR) is 108 cm³/mol. The van der Waals surface area contributed by atoms with E-state index in [2.05, 4.69) is 0 Å². The first-order valence-corrected chi connectivity index (χ1v) is 10.00. The predicted octanol–water partition coefficient (Wildman–Crippen LogP) is 3.70. The molecule has 0 radical (unpaired) electrons. The molecule has 2 atom stereocenters. The van der Waals surface area contributed by atoms with E-state index in [-0.39, 0.29) is 5.91 Å². The number of carboxylic acids is 1. The highest BCUT2D eigenvalue weighted by atomic mass is 32.2. The summed E-state index contributed by atoms with van der Waals surface area (Å²) in [6, 6.07) is 9.92. The van der Waals surface area contributed by atoms with Crippen LogP contribution in [0.2, 0.25) is 0 Å². The van der Waals surface area contributed by atoms with Crippen molar-refractivity contribution in [1.29, 1.82) is 0 Å². The Bertz CT molecular complexity index is 902. The number of aliphatic carboxylic acids is 1. The normalized spacial score (nSPS) is 21.6. The summed E-state index contributed by atoms with van der Waals surface area (Å²) in [4.78, 5) is 40.6. The van der Waals surface area contributed by atoms with Gasteiger partial charge in [0.2, 0.25) is 0 Å². The Morgan fingerprint density at radius 2 is 1.81 bits per heavy atom. The van der Waals surface area contributed by atoms with Crippen molar-refractivity contribution in [2.24, 2.45) is 0 Å². The fraction of sp³-hybridized carbons (Fsp3) is 0.250. The molecule has 1 aliphatic heterocycles. The van der Waals surface area contributed by atoms with E-state index >= 15 is 0 Å². The second kappa shape index (κ2) is 7.32. The average Bonchev–Trinajstić information content (AvgIpc) is 3.29. The van der Waals surface area contributed by atoms with Crippen LogP contribution < -0.4 is 0 Å². The Kier molecular flexibility index (Phi) is 5.26. The zero-order valence-electron chi connectivity index (χ0n) is 15.1. The van der Waals surface area contributed by atoms with Gasteiger partial charge >= 0.3 is 5.97 Å². The number of aryl methyl sites for hydroxylation is 1. The lowest BCUT2D eigenvalue weighted by atomic mass is 9.92. The van der Waals surface area contributed by atoms with Crippen molar-refractivity contribution in [3.8, 4) is 0 Å². The molecule has 3 rings (SSSR count). The zero-order chi connectivity index (χ0) is 19.8. The molecule has 2 heterocycles.